The van der Waals surface area contributed by atoms with Crippen LogP contribution in [0.2, 0.25) is 0 Å². The van der Waals surface area contributed by atoms with Crippen LogP contribution in [0.1, 0.15) is 42.7 Å². The summed E-state index contributed by atoms with van der Waals surface area (Å²) in [5, 5.41) is 3.18. The van der Waals surface area contributed by atoms with Gasteiger partial charge in [0.1, 0.15) is 6.10 Å². The van der Waals surface area contributed by atoms with Crippen LogP contribution in [-0.2, 0) is 11.2 Å². The van der Waals surface area contributed by atoms with Crippen LogP contribution in [0.25, 0.3) is 0 Å². The molecule has 1 aliphatic rings. The number of hydrogen-bond acceptors (Lipinski definition) is 5. The van der Waals surface area contributed by atoms with Crippen molar-refractivity contribution in [3.05, 3.63) is 22.8 Å². The molecule has 0 saturated carbocycles. The predicted molar refractivity (Wildman–Crippen MR) is 84.5 cm³/mol. The lowest BCUT2D eigenvalue weighted by Crippen LogP contribution is -2.42. The molecule has 0 aliphatic carbocycles. The van der Waals surface area contributed by atoms with E-state index in [1.807, 2.05) is 7.05 Å². The number of morpholine rings is 1. The zero-order chi connectivity index (χ0) is 15.4. The van der Waals surface area contributed by atoms with Gasteiger partial charge in [-0.2, -0.15) is 0 Å². The summed E-state index contributed by atoms with van der Waals surface area (Å²) >= 11 is 0. The van der Waals surface area contributed by atoms with Crippen LogP contribution in [0, 0.1) is 13.8 Å². The Morgan fingerprint density at radius 2 is 1.95 bits per heavy atom. The molecule has 0 bridgehead atoms. The summed E-state index contributed by atoms with van der Waals surface area (Å²) in [5.74, 6) is 0.837. The first-order chi connectivity index (χ1) is 10.0. The number of hydrogen-bond donors (Lipinski definition) is 1. The van der Waals surface area contributed by atoms with Crippen LogP contribution < -0.4 is 5.32 Å². The number of nitrogens with one attached hydrogen (secondary N) is 1. The third-order valence-corrected chi connectivity index (χ3v) is 4.18. The molecule has 1 unspecified atom stereocenters. The Labute approximate surface area is 128 Å². The number of nitrogens with zero attached hydrogens (tertiary/aromatic N) is 3. The van der Waals surface area contributed by atoms with Crippen LogP contribution in [0.3, 0.4) is 0 Å². The van der Waals surface area contributed by atoms with Crippen molar-refractivity contribution in [2.75, 3.05) is 33.3 Å². The van der Waals surface area contributed by atoms with Crippen LogP contribution in [0.15, 0.2) is 0 Å². The average Bonchev–Trinajstić information content (AvgIpc) is 2.46. The first kappa shape index (κ1) is 16.3. The SMILES string of the molecule is CNCCc1c(C)nc(C2CN(C(C)C)CCO2)nc1C. The van der Waals surface area contributed by atoms with Gasteiger partial charge in [0.05, 0.1) is 6.61 Å². The topological polar surface area (TPSA) is 50.3 Å². The highest BCUT2D eigenvalue weighted by Gasteiger charge is 2.26. The molecule has 0 amide bonds. The van der Waals surface area contributed by atoms with Gasteiger partial charge in [-0.1, -0.05) is 0 Å². The fraction of sp³-hybridized carbons (Fsp3) is 0.750. The van der Waals surface area contributed by atoms with E-state index in [9.17, 15) is 0 Å². The molecule has 5 heteroatoms. The normalized spacial score (nSPS) is 20.2. The van der Waals surface area contributed by atoms with Crippen LogP contribution in [0.5, 0.6) is 0 Å². The lowest BCUT2D eigenvalue weighted by molar-refractivity contribution is -0.0444. The molecule has 1 N–H and O–H groups in total. The largest absolute Gasteiger partial charge is 0.368 e. The molecule has 118 valence electrons. The summed E-state index contributed by atoms with van der Waals surface area (Å²) in [4.78, 5) is 11.9. The Hall–Kier alpha value is -1.04. The van der Waals surface area contributed by atoms with Crippen molar-refractivity contribution < 1.29 is 4.74 Å². The second-order valence-corrected chi connectivity index (χ2v) is 6.03. The van der Waals surface area contributed by atoms with Gasteiger partial charge >= 0.3 is 0 Å². The molecule has 2 rings (SSSR count). The molecule has 1 atom stereocenters. The number of rotatable bonds is 5. The van der Waals surface area contributed by atoms with Gasteiger partial charge in [-0.15, -0.1) is 0 Å². The van der Waals surface area contributed by atoms with Gasteiger partial charge in [0.25, 0.3) is 0 Å². The maximum absolute atomic E-state index is 5.90. The smallest absolute Gasteiger partial charge is 0.158 e. The molecule has 5 nitrogen and oxygen atoms in total. The maximum Gasteiger partial charge on any atom is 0.158 e. The Kier molecular flexibility index (Phi) is 5.67. The van der Waals surface area contributed by atoms with E-state index in [-0.39, 0.29) is 6.10 Å². The molecule has 0 spiro atoms. The van der Waals surface area contributed by atoms with Gasteiger partial charge in [-0.05, 0) is 53.3 Å². The van der Waals surface area contributed by atoms with Gasteiger partial charge in [0.15, 0.2) is 5.82 Å². The maximum atomic E-state index is 5.90. The van der Waals surface area contributed by atoms with E-state index in [0.717, 1.165) is 49.9 Å². The summed E-state index contributed by atoms with van der Waals surface area (Å²) in [6.07, 6.45) is 0.967. The highest BCUT2D eigenvalue weighted by Crippen LogP contribution is 2.22. The summed E-state index contributed by atoms with van der Waals surface area (Å²) in [7, 11) is 1.97. The molecule has 1 aliphatic heterocycles. The summed E-state index contributed by atoms with van der Waals surface area (Å²) in [5.41, 5.74) is 3.42. The Morgan fingerprint density at radius 3 is 2.52 bits per heavy atom. The highest BCUT2D eigenvalue weighted by atomic mass is 16.5. The number of aryl methyl sites for hydroxylation is 2. The number of aromatic nitrogens is 2. The minimum absolute atomic E-state index is 0.00287. The van der Waals surface area contributed by atoms with Gasteiger partial charge in [0, 0.05) is 30.5 Å². The Balaban J connectivity index is 2.16. The number of likely N-dealkylation sites (N-methyl/N-ethyl adjacent to an activating group) is 1. The second kappa shape index (κ2) is 7.29. The predicted octanol–water partition coefficient (Wildman–Crippen LogP) is 1.64. The average molecular weight is 292 g/mol. The molecular weight excluding hydrogens is 264 g/mol. The third kappa shape index (κ3) is 3.99. The van der Waals surface area contributed by atoms with Gasteiger partial charge in [-0.3, -0.25) is 4.90 Å². The van der Waals surface area contributed by atoms with Crippen LogP contribution in [0.4, 0.5) is 0 Å². The zero-order valence-corrected chi connectivity index (χ0v) is 13.9. The van der Waals surface area contributed by atoms with Crippen molar-refractivity contribution in [2.45, 2.75) is 46.3 Å². The molecule has 1 fully saturated rings. The molecule has 0 aromatic carbocycles. The highest BCUT2D eigenvalue weighted by molar-refractivity contribution is 5.25. The lowest BCUT2D eigenvalue weighted by atomic mass is 10.1. The van der Waals surface area contributed by atoms with Crippen LogP contribution >= 0.6 is 0 Å². The molecule has 0 radical (unpaired) electrons. The minimum atomic E-state index is -0.00287. The zero-order valence-electron chi connectivity index (χ0n) is 13.9. The van der Waals surface area contributed by atoms with E-state index in [4.69, 9.17) is 14.7 Å². The summed E-state index contributed by atoms with van der Waals surface area (Å²) in [6.45, 7) is 12.2. The summed E-state index contributed by atoms with van der Waals surface area (Å²) in [6, 6.07) is 0.536. The van der Waals surface area contributed by atoms with Gasteiger partial charge < -0.3 is 10.1 Å². The van der Waals surface area contributed by atoms with E-state index in [1.165, 1.54) is 5.56 Å². The third-order valence-electron chi connectivity index (χ3n) is 4.18. The van der Waals surface area contributed by atoms with Crippen molar-refractivity contribution in [2.24, 2.45) is 0 Å². The van der Waals surface area contributed by atoms with Gasteiger partial charge in [0.2, 0.25) is 0 Å². The molecular formula is C16H28N4O. The Bertz CT molecular complexity index is 452. The van der Waals surface area contributed by atoms with Crippen LogP contribution in [-0.4, -0.2) is 54.2 Å². The van der Waals surface area contributed by atoms with E-state index in [1.54, 1.807) is 0 Å². The van der Waals surface area contributed by atoms with Gasteiger partial charge in [-0.25, -0.2) is 9.97 Å². The van der Waals surface area contributed by atoms with Crippen molar-refractivity contribution in [3.8, 4) is 0 Å². The lowest BCUT2D eigenvalue weighted by Gasteiger charge is -2.35. The molecule has 1 saturated heterocycles. The van der Waals surface area contributed by atoms with E-state index >= 15 is 0 Å². The summed E-state index contributed by atoms with van der Waals surface area (Å²) < 4.78 is 5.90. The Morgan fingerprint density at radius 1 is 1.29 bits per heavy atom. The van der Waals surface area contributed by atoms with Crippen molar-refractivity contribution >= 4 is 0 Å². The standard InChI is InChI=1S/C16H28N4O/c1-11(2)20-8-9-21-15(10-20)16-18-12(3)14(6-7-17-5)13(4)19-16/h11,15,17H,6-10H2,1-5H3. The van der Waals surface area contributed by atoms with Crippen molar-refractivity contribution in [3.63, 3.8) is 0 Å². The van der Waals surface area contributed by atoms with E-state index < -0.39 is 0 Å². The van der Waals surface area contributed by atoms with Crippen molar-refractivity contribution in [1.29, 1.82) is 0 Å². The minimum Gasteiger partial charge on any atom is -0.368 e. The fourth-order valence-corrected chi connectivity index (χ4v) is 2.82. The second-order valence-electron chi connectivity index (χ2n) is 6.03. The monoisotopic (exact) mass is 292 g/mol. The first-order valence-electron chi connectivity index (χ1n) is 7.87. The molecule has 2 heterocycles. The van der Waals surface area contributed by atoms with Crippen molar-refractivity contribution in [1.82, 2.24) is 20.2 Å². The molecule has 1 aromatic heterocycles. The molecule has 21 heavy (non-hydrogen) atoms. The first-order valence-corrected chi connectivity index (χ1v) is 7.87. The number of ether oxygens (including phenoxy) is 1. The fourth-order valence-electron chi connectivity index (χ4n) is 2.82. The van der Waals surface area contributed by atoms with E-state index in [2.05, 4.69) is 37.9 Å². The molecule has 1 aromatic rings. The quantitative estimate of drug-likeness (QED) is 0.894. The van der Waals surface area contributed by atoms with E-state index in [0.29, 0.717) is 6.04 Å².